The van der Waals surface area contributed by atoms with Crippen LogP contribution in [-0.4, -0.2) is 73.2 Å². The van der Waals surface area contributed by atoms with Crippen LogP contribution < -0.4 is 4.74 Å². The molecule has 0 bridgehead atoms. The Labute approximate surface area is 222 Å². The van der Waals surface area contributed by atoms with Crippen molar-refractivity contribution in [1.82, 2.24) is 14.2 Å². The van der Waals surface area contributed by atoms with E-state index in [-0.39, 0.29) is 36.3 Å². The third-order valence-corrected chi connectivity index (χ3v) is 8.49. The van der Waals surface area contributed by atoms with Gasteiger partial charge in [0, 0.05) is 49.9 Å². The summed E-state index contributed by atoms with van der Waals surface area (Å²) in [4.78, 5) is 18.9. The van der Waals surface area contributed by atoms with E-state index in [1.165, 1.54) is 0 Å². The molecular weight excluding hydrogens is 490 g/mol. The fourth-order valence-electron chi connectivity index (χ4n) is 4.10. The number of carbonyl (C=O) groups excluding carboxylic acids is 1. The highest BCUT2D eigenvalue weighted by Crippen LogP contribution is 2.57. The normalized spacial score (nSPS) is 20.9. The smallest absolute Gasteiger partial charge is 0.226 e. The first-order valence-electron chi connectivity index (χ1n) is 12.6. The van der Waals surface area contributed by atoms with Crippen LogP contribution in [0.2, 0.25) is 0 Å². The van der Waals surface area contributed by atoms with E-state index >= 15 is 0 Å². The fraction of sp³-hybridized carbons (Fsp3) is 0.500. The van der Waals surface area contributed by atoms with Gasteiger partial charge < -0.3 is 14.7 Å². The van der Waals surface area contributed by atoms with Crippen molar-refractivity contribution >= 4 is 16.7 Å². The van der Waals surface area contributed by atoms with Gasteiger partial charge in [0.15, 0.2) is 0 Å². The molecule has 2 heterocycles. The molecule has 0 saturated carbocycles. The second kappa shape index (κ2) is 12.8. The molecule has 0 aliphatic carbocycles. The van der Waals surface area contributed by atoms with Crippen molar-refractivity contribution in [1.29, 1.82) is 0 Å². The molecule has 1 amide bonds. The van der Waals surface area contributed by atoms with Crippen LogP contribution in [0.4, 0.5) is 0 Å². The number of likely N-dealkylation sites (N-methyl/N-ethyl adjacent to an activating group) is 1. The number of nitrogens with zero attached hydrogens (tertiary/aromatic N) is 3. The number of aromatic nitrogens is 1. The molecule has 1 aliphatic heterocycles. The number of benzene rings is 1. The third-order valence-electron chi connectivity index (χ3n) is 6.40. The second-order valence-corrected chi connectivity index (χ2v) is 12.1. The zero-order valence-corrected chi connectivity index (χ0v) is 23.1. The van der Waals surface area contributed by atoms with Gasteiger partial charge in [0.05, 0.1) is 19.6 Å². The summed E-state index contributed by atoms with van der Waals surface area (Å²) < 4.78 is 30.6. The van der Waals surface area contributed by atoms with Crippen LogP contribution in [0, 0.1) is 23.7 Å². The summed E-state index contributed by atoms with van der Waals surface area (Å²) in [6.07, 6.45) is 3.90. The molecule has 0 fully saturated rings. The molecule has 8 nitrogen and oxygen atoms in total. The van der Waals surface area contributed by atoms with Crippen molar-refractivity contribution in [2.75, 3.05) is 26.7 Å². The number of ether oxygens (including phenoxy) is 1. The Morgan fingerprint density at radius 2 is 2.05 bits per heavy atom. The van der Waals surface area contributed by atoms with Crippen LogP contribution >= 0.6 is 10.8 Å². The largest absolute Gasteiger partial charge is 0.486 e. The van der Waals surface area contributed by atoms with Crippen molar-refractivity contribution in [3.63, 3.8) is 0 Å². The van der Waals surface area contributed by atoms with E-state index in [1.54, 1.807) is 59.8 Å². The summed E-state index contributed by atoms with van der Waals surface area (Å²) in [5.74, 6) is 6.82. The Balaban J connectivity index is 1.93. The number of rotatable bonds is 7. The van der Waals surface area contributed by atoms with Gasteiger partial charge >= 0.3 is 0 Å². The SMILES string of the molecule is CC(C)CC#Cc1ccc2c(c1)O[C@H](CN(C)C(=O)Cc1cccnc1)[C@@H](C)CN([C@@H](C)CO)S2(O)O. The minimum absolute atomic E-state index is 0.0655. The van der Waals surface area contributed by atoms with Gasteiger partial charge in [-0.3, -0.25) is 18.9 Å². The van der Waals surface area contributed by atoms with Gasteiger partial charge in [-0.1, -0.05) is 38.7 Å². The highest BCUT2D eigenvalue weighted by Gasteiger charge is 2.38. The van der Waals surface area contributed by atoms with Crippen molar-refractivity contribution in [2.45, 2.75) is 57.6 Å². The first-order chi connectivity index (χ1) is 17.5. The maximum absolute atomic E-state index is 12.9. The molecule has 9 heteroatoms. The maximum atomic E-state index is 12.9. The Kier molecular flexibility index (Phi) is 9.99. The molecule has 3 atom stereocenters. The summed E-state index contributed by atoms with van der Waals surface area (Å²) in [7, 11) is -1.69. The molecule has 0 radical (unpaired) electrons. The van der Waals surface area contributed by atoms with Crippen molar-refractivity contribution in [2.24, 2.45) is 11.8 Å². The number of aliphatic hydroxyl groups excluding tert-OH is 1. The van der Waals surface area contributed by atoms with E-state index in [0.29, 0.717) is 23.8 Å². The molecular formula is C28H39N3O5S. The predicted octanol–water partition coefficient (Wildman–Crippen LogP) is 4.28. The van der Waals surface area contributed by atoms with E-state index in [2.05, 4.69) is 30.7 Å². The molecule has 202 valence electrons. The summed E-state index contributed by atoms with van der Waals surface area (Å²) in [5, 5.41) is 9.87. The first-order valence-corrected chi connectivity index (χ1v) is 14.1. The number of amides is 1. The molecule has 0 saturated heterocycles. The van der Waals surface area contributed by atoms with Crippen LogP contribution in [0.25, 0.3) is 0 Å². The van der Waals surface area contributed by atoms with E-state index in [1.807, 2.05) is 13.0 Å². The number of fused-ring (bicyclic) bond motifs is 1. The first kappa shape index (κ1) is 29.0. The number of aliphatic hydroxyl groups is 1. The number of hydrogen-bond acceptors (Lipinski definition) is 7. The monoisotopic (exact) mass is 529 g/mol. The topological polar surface area (TPSA) is 106 Å². The molecule has 0 spiro atoms. The fourth-order valence-corrected chi connectivity index (χ4v) is 5.99. The summed E-state index contributed by atoms with van der Waals surface area (Å²) in [5.41, 5.74) is 1.54. The average molecular weight is 530 g/mol. The van der Waals surface area contributed by atoms with Gasteiger partial charge in [0.2, 0.25) is 5.91 Å². The van der Waals surface area contributed by atoms with E-state index in [4.69, 9.17) is 4.74 Å². The minimum atomic E-state index is -3.43. The molecule has 0 unspecified atom stereocenters. The van der Waals surface area contributed by atoms with Gasteiger partial charge in [-0.15, -0.1) is 10.8 Å². The Hall–Kier alpha value is -2.61. The summed E-state index contributed by atoms with van der Waals surface area (Å²) >= 11 is 0. The highest BCUT2D eigenvalue weighted by molar-refractivity contribution is 8.22. The molecule has 37 heavy (non-hydrogen) atoms. The second-order valence-electron chi connectivity index (χ2n) is 10.2. The third kappa shape index (κ3) is 7.46. The lowest BCUT2D eigenvalue weighted by Gasteiger charge is -2.49. The van der Waals surface area contributed by atoms with E-state index < -0.39 is 22.9 Å². The number of carbonyl (C=O) groups is 1. The van der Waals surface area contributed by atoms with Crippen LogP contribution in [0.5, 0.6) is 5.75 Å². The lowest BCUT2D eigenvalue weighted by molar-refractivity contribution is -0.130. The minimum Gasteiger partial charge on any atom is -0.486 e. The van der Waals surface area contributed by atoms with E-state index in [9.17, 15) is 19.0 Å². The standard InChI is InChI=1S/C28H39N3O5S/c1-20(2)8-6-9-23-11-12-27-25(14-23)36-26(21(3)17-31(22(4)19-32)37(27,34)35)18-30(5)28(33)15-24-10-7-13-29-16-24/h7,10-14,16,20-22,26,32,34-35H,8,15,17-19H2,1-5H3/t21-,22-,26+/m0/s1. The zero-order valence-electron chi connectivity index (χ0n) is 22.3. The van der Waals surface area contributed by atoms with Gasteiger partial charge in [0.1, 0.15) is 16.7 Å². The van der Waals surface area contributed by atoms with E-state index in [0.717, 1.165) is 12.0 Å². The maximum Gasteiger partial charge on any atom is 0.226 e. The summed E-state index contributed by atoms with van der Waals surface area (Å²) in [6, 6.07) is 8.32. The van der Waals surface area contributed by atoms with Crippen LogP contribution in [0.3, 0.4) is 0 Å². The van der Waals surface area contributed by atoms with Crippen molar-refractivity contribution in [3.05, 3.63) is 53.9 Å². The summed E-state index contributed by atoms with van der Waals surface area (Å²) in [6.45, 7) is 8.26. The Bertz CT molecular complexity index is 1120. The van der Waals surface area contributed by atoms with Gasteiger partial charge in [-0.25, -0.2) is 0 Å². The Morgan fingerprint density at radius 3 is 2.70 bits per heavy atom. The number of pyridine rings is 1. The van der Waals surface area contributed by atoms with Crippen LogP contribution in [0.1, 0.15) is 45.2 Å². The molecule has 2 aromatic rings. The molecule has 3 N–H and O–H groups in total. The highest BCUT2D eigenvalue weighted by atomic mass is 32.3. The van der Waals surface area contributed by atoms with Crippen molar-refractivity contribution in [3.8, 4) is 17.6 Å². The van der Waals surface area contributed by atoms with Crippen LogP contribution in [0.15, 0.2) is 47.6 Å². The Morgan fingerprint density at radius 1 is 1.30 bits per heavy atom. The lowest BCUT2D eigenvalue weighted by Crippen LogP contribution is -2.48. The zero-order chi connectivity index (χ0) is 27.2. The molecule has 1 aromatic heterocycles. The average Bonchev–Trinajstić information content (AvgIpc) is 2.86. The molecule has 3 rings (SSSR count). The molecule has 1 aromatic carbocycles. The van der Waals surface area contributed by atoms with Gasteiger partial charge in [0.25, 0.3) is 0 Å². The predicted molar refractivity (Wildman–Crippen MR) is 146 cm³/mol. The number of hydrogen-bond donors (Lipinski definition) is 3. The molecule has 1 aliphatic rings. The van der Waals surface area contributed by atoms with Crippen molar-refractivity contribution < 1.29 is 23.7 Å². The van der Waals surface area contributed by atoms with Gasteiger partial charge in [-0.05, 0) is 42.7 Å². The van der Waals surface area contributed by atoms with Crippen LogP contribution in [-0.2, 0) is 11.2 Å². The lowest BCUT2D eigenvalue weighted by atomic mass is 10.0. The van der Waals surface area contributed by atoms with Gasteiger partial charge in [-0.2, -0.15) is 4.31 Å². The quantitative estimate of drug-likeness (QED) is 0.460.